The van der Waals surface area contributed by atoms with Gasteiger partial charge in [0.25, 0.3) is 0 Å². The van der Waals surface area contributed by atoms with Gasteiger partial charge in [-0.15, -0.1) is 0 Å². The molecule has 0 radical (unpaired) electrons. The zero-order chi connectivity index (χ0) is 13.4. The average molecular weight is 257 g/mol. The second-order valence-corrected chi connectivity index (χ2v) is 4.92. The van der Waals surface area contributed by atoms with Gasteiger partial charge >= 0.3 is 6.03 Å². The summed E-state index contributed by atoms with van der Waals surface area (Å²) in [5, 5.41) is 5.58. The first kappa shape index (κ1) is 14.8. The van der Waals surface area contributed by atoms with E-state index in [1.54, 1.807) is 0 Å². The topological polar surface area (TPSA) is 93.4 Å². The summed E-state index contributed by atoms with van der Waals surface area (Å²) in [6.07, 6.45) is 2.29. The molecule has 3 amide bonds. The summed E-state index contributed by atoms with van der Waals surface area (Å²) in [5.74, 6) is 0.232. The molecule has 6 nitrogen and oxygen atoms in total. The number of nitrogens with two attached hydrogens (primary N) is 1. The minimum absolute atomic E-state index is 0.0660. The number of hydrogen-bond acceptors (Lipinski definition) is 3. The van der Waals surface area contributed by atoms with Crippen molar-refractivity contribution < 1.29 is 14.3 Å². The van der Waals surface area contributed by atoms with Crippen molar-refractivity contribution in [3.63, 3.8) is 0 Å². The number of primary amides is 1. The van der Waals surface area contributed by atoms with Gasteiger partial charge in [-0.3, -0.25) is 4.79 Å². The molecule has 1 heterocycles. The number of urea groups is 1. The molecular formula is C12H23N3O3. The van der Waals surface area contributed by atoms with Gasteiger partial charge in [-0.2, -0.15) is 0 Å². The molecule has 0 aromatic heterocycles. The summed E-state index contributed by atoms with van der Waals surface area (Å²) < 4.78 is 5.25. The number of carbonyl (C=O) groups excluding carboxylic acids is 2. The Morgan fingerprint density at radius 2 is 2.00 bits per heavy atom. The predicted octanol–water partition coefficient (Wildman–Crippen LogP) is 0.224. The summed E-state index contributed by atoms with van der Waals surface area (Å²) >= 11 is 0. The molecule has 18 heavy (non-hydrogen) atoms. The van der Waals surface area contributed by atoms with Crippen LogP contribution in [0, 0.1) is 11.8 Å². The van der Waals surface area contributed by atoms with E-state index in [0.29, 0.717) is 25.4 Å². The van der Waals surface area contributed by atoms with Gasteiger partial charge in [0, 0.05) is 32.7 Å². The highest BCUT2D eigenvalue weighted by atomic mass is 16.5. The van der Waals surface area contributed by atoms with Gasteiger partial charge in [-0.25, -0.2) is 4.79 Å². The first-order chi connectivity index (χ1) is 8.58. The maximum Gasteiger partial charge on any atom is 0.314 e. The molecule has 0 saturated carbocycles. The van der Waals surface area contributed by atoms with E-state index in [2.05, 4.69) is 10.6 Å². The Hall–Kier alpha value is -1.30. The SMILES string of the molecule is C[C@@H](CNC(=O)NCC1CCOCC1)CC(N)=O. The average Bonchev–Trinajstić information content (AvgIpc) is 2.34. The molecule has 1 aliphatic heterocycles. The van der Waals surface area contributed by atoms with Crippen LogP contribution in [-0.4, -0.2) is 38.2 Å². The van der Waals surface area contributed by atoms with Crippen molar-refractivity contribution in [3.05, 3.63) is 0 Å². The fourth-order valence-corrected chi connectivity index (χ4v) is 1.93. The number of hydrogen-bond donors (Lipinski definition) is 3. The molecule has 0 aromatic rings. The van der Waals surface area contributed by atoms with E-state index >= 15 is 0 Å². The Bertz CT molecular complexity index is 278. The number of ether oxygens (including phenoxy) is 1. The summed E-state index contributed by atoms with van der Waals surface area (Å²) in [4.78, 5) is 22.2. The molecular weight excluding hydrogens is 234 g/mol. The molecule has 1 aliphatic rings. The Balaban J connectivity index is 2.07. The Morgan fingerprint density at radius 1 is 1.33 bits per heavy atom. The van der Waals surface area contributed by atoms with Crippen LogP contribution in [0.4, 0.5) is 4.79 Å². The van der Waals surface area contributed by atoms with Crippen molar-refractivity contribution in [1.82, 2.24) is 10.6 Å². The van der Waals surface area contributed by atoms with Crippen molar-refractivity contribution in [2.75, 3.05) is 26.3 Å². The Morgan fingerprint density at radius 3 is 2.61 bits per heavy atom. The van der Waals surface area contributed by atoms with Crippen LogP contribution >= 0.6 is 0 Å². The zero-order valence-corrected chi connectivity index (χ0v) is 10.9. The quantitative estimate of drug-likeness (QED) is 0.635. The van der Waals surface area contributed by atoms with Gasteiger partial charge in [0.15, 0.2) is 0 Å². The number of amides is 3. The third kappa shape index (κ3) is 6.44. The lowest BCUT2D eigenvalue weighted by Crippen LogP contribution is -2.41. The lowest BCUT2D eigenvalue weighted by atomic mass is 10.0. The van der Waals surface area contributed by atoms with Crippen LogP contribution in [0.1, 0.15) is 26.2 Å². The van der Waals surface area contributed by atoms with Crippen LogP contribution < -0.4 is 16.4 Å². The zero-order valence-electron chi connectivity index (χ0n) is 10.9. The molecule has 1 saturated heterocycles. The standard InChI is InChI=1S/C12H23N3O3/c1-9(6-11(13)16)7-14-12(17)15-8-10-2-4-18-5-3-10/h9-10H,2-8H2,1H3,(H2,13,16)(H2,14,15,17)/t9-/m1/s1. The van der Waals surface area contributed by atoms with E-state index < -0.39 is 0 Å². The van der Waals surface area contributed by atoms with Crippen LogP contribution in [0.2, 0.25) is 0 Å². The largest absolute Gasteiger partial charge is 0.381 e. The van der Waals surface area contributed by atoms with Crippen LogP contribution in [0.5, 0.6) is 0 Å². The molecule has 1 fully saturated rings. The monoisotopic (exact) mass is 257 g/mol. The van der Waals surface area contributed by atoms with Crippen molar-refractivity contribution in [2.45, 2.75) is 26.2 Å². The highest BCUT2D eigenvalue weighted by molar-refractivity contribution is 5.75. The third-order valence-electron chi connectivity index (χ3n) is 3.05. The van der Waals surface area contributed by atoms with Crippen LogP contribution in [0.15, 0.2) is 0 Å². The van der Waals surface area contributed by atoms with Crippen molar-refractivity contribution in [2.24, 2.45) is 17.6 Å². The Labute approximate surface area is 108 Å². The first-order valence-electron chi connectivity index (χ1n) is 6.45. The van der Waals surface area contributed by atoms with E-state index in [0.717, 1.165) is 26.1 Å². The predicted molar refractivity (Wildman–Crippen MR) is 67.9 cm³/mol. The highest BCUT2D eigenvalue weighted by Gasteiger charge is 2.14. The van der Waals surface area contributed by atoms with Gasteiger partial charge in [0.1, 0.15) is 0 Å². The smallest absolute Gasteiger partial charge is 0.314 e. The highest BCUT2D eigenvalue weighted by Crippen LogP contribution is 2.12. The summed E-state index contributed by atoms with van der Waals surface area (Å²) in [6, 6.07) is -0.183. The minimum Gasteiger partial charge on any atom is -0.381 e. The summed E-state index contributed by atoms with van der Waals surface area (Å²) in [6.45, 7) is 4.58. The lowest BCUT2D eigenvalue weighted by Gasteiger charge is -2.22. The number of nitrogens with one attached hydrogen (secondary N) is 2. The number of rotatable bonds is 6. The van der Waals surface area contributed by atoms with E-state index in [1.165, 1.54) is 0 Å². The van der Waals surface area contributed by atoms with E-state index in [9.17, 15) is 9.59 Å². The molecule has 104 valence electrons. The van der Waals surface area contributed by atoms with Gasteiger partial charge in [-0.05, 0) is 24.7 Å². The molecule has 0 aliphatic carbocycles. The molecule has 0 bridgehead atoms. The Kier molecular flexibility index (Phi) is 6.49. The van der Waals surface area contributed by atoms with Crippen LogP contribution in [-0.2, 0) is 9.53 Å². The molecule has 1 rings (SSSR count). The third-order valence-corrected chi connectivity index (χ3v) is 3.05. The van der Waals surface area contributed by atoms with E-state index in [4.69, 9.17) is 10.5 Å². The van der Waals surface area contributed by atoms with Crippen LogP contribution in [0.25, 0.3) is 0 Å². The normalized spacial score (nSPS) is 18.1. The molecule has 1 atom stereocenters. The lowest BCUT2D eigenvalue weighted by molar-refractivity contribution is -0.118. The number of carbonyl (C=O) groups is 2. The minimum atomic E-state index is -0.341. The second-order valence-electron chi connectivity index (χ2n) is 4.92. The molecule has 6 heteroatoms. The fraction of sp³-hybridized carbons (Fsp3) is 0.833. The van der Waals surface area contributed by atoms with Crippen molar-refractivity contribution in [3.8, 4) is 0 Å². The molecule has 0 unspecified atom stereocenters. The van der Waals surface area contributed by atoms with Crippen LogP contribution in [0.3, 0.4) is 0 Å². The fourth-order valence-electron chi connectivity index (χ4n) is 1.93. The van der Waals surface area contributed by atoms with Gasteiger partial charge < -0.3 is 21.1 Å². The first-order valence-corrected chi connectivity index (χ1v) is 6.45. The maximum absolute atomic E-state index is 11.5. The molecule has 4 N–H and O–H groups in total. The second kappa shape index (κ2) is 7.92. The van der Waals surface area contributed by atoms with Gasteiger partial charge in [0.05, 0.1) is 0 Å². The van der Waals surface area contributed by atoms with Crippen molar-refractivity contribution in [1.29, 1.82) is 0 Å². The van der Waals surface area contributed by atoms with E-state index in [1.807, 2.05) is 6.92 Å². The molecule has 0 aromatic carbocycles. The van der Waals surface area contributed by atoms with Gasteiger partial charge in [-0.1, -0.05) is 6.92 Å². The van der Waals surface area contributed by atoms with Gasteiger partial charge in [0.2, 0.25) is 5.91 Å². The molecule has 0 spiro atoms. The van der Waals surface area contributed by atoms with Crippen molar-refractivity contribution >= 4 is 11.9 Å². The van der Waals surface area contributed by atoms with E-state index in [-0.39, 0.29) is 17.9 Å². The maximum atomic E-state index is 11.5. The summed E-state index contributed by atoms with van der Waals surface area (Å²) in [5.41, 5.74) is 5.08. The summed E-state index contributed by atoms with van der Waals surface area (Å²) in [7, 11) is 0.